The fourth-order valence-corrected chi connectivity index (χ4v) is 2.39. The Bertz CT molecular complexity index is 816. The Labute approximate surface area is 139 Å². The van der Waals surface area contributed by atoms with Gasteiger partial charge in [-0.15, -0.1) is 5.10 Å². The van der Waals surface area contributed by atoms with Crippen LogP contribution in [0.2, 0.25) is 0 Å². The highest BCUT2D eigenvalue weighted by Crippen LogP contribution is 2.18. The summed E-state index contributed by atoms with van der Waals surface area (Å²) < 4.78 is 1.56. The molecular weight excluding hydrogens is 304 g/mol. The summed E-state index contributed by atoms with van der Waals surface area (Å²) in [4.78, 5) is 12.2. The molecule has 7 heteroatoms. The number of benzene rings is 2. The standard InChI is InChI=1S/C17H18N6O/c1-12-8-9-15(10-16(12)23-11-18-21-22-23)20-17(24)19-13(2)14-6-4-3-5-7-14/h3-11,13H,1-2H3,(H2,19,20,24). The van der Waals surface area contributed by atoms with Gasteiger partial charge in [-0.25, -0.2) is 9.48 Å². The number of hydrogen-bond acceptors (Lipinski definition) is 4. The molecule has 7 nitrogen and oxygen atoms in total. The van der Waals surface area contributed by atoms with Crippen LogP contribution in [0.15, 0.2) is 54.9 Å². The molecule has 1 heterocycles. The molecule has 0 saturated carbocycles. The summed E-state index contributed by atoms with van der Waals surface area (Å²) in [7, 11) is 0. The topological polar surface area (TPSA) is 84.7 Å². The van der Waals surface area contributed by atoms with Crippen molar-refractivity contribution < 1.29 is 4.79 Å². The number of nitrogens with zero attached hydrogens (tertiary/aromatic N) is 4. The third kappa shape index (κ3) is 3.57. The number of carbonyl (C=O) groups is 1. The average molecular weight is 322 g/mol. The lowest BCUT2D eigenvalue weighted by Gasteiger charge is -2.15. The smallest absolute Gasteiger partial charge is 0.319 e. The first-order valence-electron chi connectivity index (χ1n) is 7.60. The van der Waals surface area contributed by atoms with Crippen LogP contribution in [0.4, 0.5) is 10.5 Å². The summed E-state index contributed by atoms with van der Waals surface area (Å²) in [5.41, 5.74) is 3.54. The van der Waals surface area contributed by atoms with Crippen LogP contribution in [0.5, 0.6) is 0 Å². The normalized spacial score (nSPS) is 11.8. The van der Waals surface area contributed by atoms with Gasteiger partial charge in [0.05, 0.1) is 11.7 Å². The Kier molecular flexibility index (Phi) is 4.51. The first-order chi connectivity index (χ1) is 11.6. The van der Waals surface area contributed by atoms with Gasteiger partial charge in [0.1, 0.15) is 6.33 Å². The van der Waals surface area contributed by atoms with Crippen molar-refractivity contribution in [3.8, 4) is 5.69 Å². The molecule has 1 atom stereocenters. The second-order valence-corrected chi connectivity index (χ2v) is 5.49. The van der Waals surface area contributed by atoms with Gasteiger partial charge >= 0.3 is 6.03 Å². The predicted octanol–water partition coefficient (Wildman–Crippen LogP) is 2.85. The minimum atomic E-state index is -0.266. The summed E-state index contributed by atoms with van der Waals surface area (Å²) in [6.45, 7) is 3.90. The molecule has 0 aliphatic heterocycles. The van der Waals surface area contributed by atoms with Crippen molar-refractivity contribution in [1.82, 2.24) is 25.5 Å². The van der Waals surface area contributed by atoms with E-state index in [2.05, 4.69) is 26.2 Å². The van der Waals surface area contributed by atoms with E-state index >= 15 is 0 Å². The average Bonchev–Trinajstić information content (AvgIpc) is 3.11. The van der Waals surface area contributed by atoms with Gasteiger partial charge in [-0.05, 0) is 47.5 Å². The molecule has 0 radical (unpaired) electrons. The fraction of sp³-hybridized carbons (Fsp3) is 0.176. The Balaban J connectivity index is 1.70. The van der Waals surface area contributed by atoms with Crippen LogP contribution in [-0.2, 0) is 0 Å². The second kappa shape index (κ2) is 6.91. The molecule has 0 saturated heterocycles. The van der Waals surface area contributed by atoms with Crippen molar-refractivity contribution in [1.29, 1.82) is 0 Å². The van der Waals surface area contributed by atoms with Gasteiger partial charge < -0.3 is 10.6 Å². The van der Waals surface area contributed by atoms with Crippen molar-refractivity contribution >= 4 is 11.7 Å². The molecule has 0 aliphatic rings. The molecule has 3 aromatic rings. The van der Waals surface area contributed by atoms with E-state index in [1.54, 1.807) is 4.68 Å². The zero-order valence-electron chi connectivity index (χ0n) is 13.5. The van der Waals surface area contributed by atoms with Gasteiger partial charge in [0.15, 0.2) is 0 Å². The molecule has 2 aromatic carbocycles. The van der Waals surface area contributed by atoms with Crippen LogP contribution in [0.25, 0.3) is 5.69 Å². The number of amides is 2. The molecule has 1 unspecified atom stereocenters. The number of aryl methyl sites for hydroxylation is 1. The van der Waals surface area contributed by atoms with Crippen molar-refractivity contribution in [2.45, 2.75) is 19.9 Å². The summed E-state index contributed by atoms with van der Waals surface area (Å²) >= 11 is 0. The monoisotopic (exact) mass is 322 g/mol. The number of tetrazole rings is 1. The molecule has 0 fully saturated rings. The summed E-state index contributed by atoms with van der Waals surface area (Å²) in [5, 5.41) is 16.9. The third-order valence-corrected chi connectivity index (χ3v) is 3.71. The van der Waals surface area contributed by atoms with E-state index < -0.39 is 0 Å². The lowest BCUT2D eigenvalue weighted by atomic mass is 10.1. The maximum Gasteiger partial charge on any atom is 0.319 e. The third-order valence-electron chi connectivity index (χ3n) is 3.71. The van der Waals surface area contributed by atoms with Gasteiger partial charge in [-0.1, -0.05) is 36.4 Å². The van der Waals surface area contributed by atoms with Gasteiger partial charge in [0.25, 0.3) is 0 Å². The lowest BCUT2D eigenvalue weighted by Crippen LogP contribution is -2.31. The number of anilines is 1. The molecule has 24 heavy (non-hydrogen) atoms. The van der Waals surface area contributed by atoms with Crippen LogP contribution in [0.3, 0.4) is 0 Å². The fourth-order valence-electron chi connectivity index (χ4n) is 2.39. The van der Waals surface area contributed by atoms with Gasteiger partial charge in [-0.3, -0.25) is 0 Å². The summed E-state index contributed by atoms with van der Waals surface area (Å²) in [5.74, 6) is 0. The maximum absolute atomic E-state index is 12.2. The number of carbonyl (C=O) groups excluding carboxylic acids is 1. The Morgan fingerprint density at radius 3 is 2.67 bits per heavy atom. The van der Waals surface area contributed by atoms with Crippen LogP contribution in [0.1, 0.15) is 24.1 Å². The summed E-state index contributed by atoms with van der Waals surface area (Å²) in [6, 6.07) is 15.0. The minimum Gasteiger partial charge on any atom is -0.331 e. The van der Waals surface area contributed by atoms with Crippen LogP contribution >= 0.6 is 0 Å². The number of aromatic nitrogens is 4. The number of hydrogen-bond donors (Lipinski definition) is 2. The molecule has 1 aromatic heterocycles. The van der Waals surface area contributed by atoms with Crippen LogP contribution < -0.4 is 10.6 Å². The largest absolute Gasteiger partial charge is 0.331 e. The van der Waals surface area contributed by atoms with E-state index in [1.165, 1.54) is 6.33 Å². The van der Waals surface area contributed by atoms with E-state index in [1.807, 2.05) is 62.4 Å². The van der Waals surface area contributed by atoms with Gasteiger partial charge in [0.2, 0.25) is 0 Å². The zero-order chi connectivity index (χ0) is 16.9. The van der Waals surface area contributed by atoms with E-state index in [9.17, 15) is 4.79 Å². The highest BCUT2D eigenvalue weighted by molar-refractivity contribution is 5.89. The van der Waals surface area contributed by atoms with E-state index in [-0.39, 0.29) is 12.1 Å². The van der Waals surface area contributed by atoms with Crippen molar-refractivity contribution in [2.75, 3.05) is 5.32 Å². The van der Waals surface area contributed by atoms with Gasteiger partial charge in [-0.2, -0.15) is 0 Å². The SMILES string of the molecule is Cc1ccc(NC(=O)NC(C)c2ccccc2)cc1-n1cnnn1. The first kappa shape index (κ1) is 15.7. The number of urea groups is 1. The molecule has 2 amide bonds. The molecular formula is C17H18N6O. The quantitative estimate of drug-likeness (QED) is 0.773. The maximum atomic E-state index is 12.2. The van der Waals surface area contributed by atoms with Gasteiger partial charge in [0, 0.05) is 5.69 Å². The predicted molar refractivity (Wildman–Crippen MR) is 90.9 cm³/mol. The Hall–Kier alpha value is -3.22. The highest BCUT2D eigenvalue weighted by Gasteiger charge is 2.10. The van der Waals surface area contributed by atoms with Crippen LogP contribution in [-0.4, -0.2) is 26.2 Å². The van der Waals surface area contributed by atoms with Crippen molar-refractivity contribution in [3.05, 3.63) is 66.0 Å². The van der Waals surface area contributed by atoms with E-state index in [0.717, 1.165) is 16.8 Å². The number of nitrogens with one attached hydrogen (secondary N) is 2. The lowest BCUT2D eigenvalue weighted by molar-refractivity contribution is 0.249. The Morgan fingerprint density at radius 1 is 1.17 bits per heavy atom. The second-order valence-electron chi connectivity index (χ2n) is 5.49. The first-order valence-corrected chi connectivity index (χ1v) is 7.60. The number of rotatable bonds is 4. The highest BCUT2D eigenvalue weighted by atomic mass is 16.2. The molecule has 0 aliphatic carbocycles. The minimum absolute atomic E-state index is 0.0874. The Morgan fingerprint density at radius 2 is 1.96 bits per heavy atom. The van der Waals surface area contributed by atoms with E-state index in [0.29, 0.717) is 5.69 Å². The van der Waals surface area contributed by atoms with Crippen molar-refractivity contribution in [2.24, 2.45) is 0 Å². The zero-order valence-corrected chi connectivity index (χ0v) is 13.5. The molecule has 2 N–H and O–H groups in total. The molecule has 0 spiro atoms. The molecule has 122 valence electrons. The molecule has 0 bridgehead atoms. The van der Waals surface area contributed by atoms with E-state index in [4.69, 9.17) is 0 Å². The summed E-state index contributed by atoms with van der Waals surface area (Å²) in [6.07, 6.45) is 1.52. The van der Waals surface area contributed by atoms with Crippen LogP contribution in [0, 0.1) is 6.92 Å². The molecule has 3 rings (SSSR count). The van der Waals surface area contributed by atoms with Crippen molar-refractivity contribution in [3.63, 3.8) is 0 Å².